The van der Waals surface area contributed by atoms with Gasteiger partial charge in [0.15, 0.2) is 5.60 Å². The van der Waals surface area contributed by atoms with E-state index in [0.29, 0.717) is 0 Å². The molecular weight excluding hydrogens is 326 g/mol. The van der Waals surface area contributed by atoms with Crippen molar-refractivity contribution in [3.8, 4) is 0 Å². The van der Waals surface area contributed by atoms with Crippen LogP contribution in [0.1, 0.15) is 18.1 Å². The van der Waals surface area contributed by atoms with Crippen molar-refractivity contribution < 1.29 is 9.05 Å². The zero-order valence-corrected chi connectivity index (χ0v) is 15.0. The Labute approximate surface area is 152 Å². The van der Waals surface area contributed by atoms with E-state index in [0.717, 1.165) is 16.4 Å². The molecule has 1 aliphatic heterocycles. The first-order valence-electron chi connectivity index (χ1n) is 8.13. The van der Waals surface area contributed by atoms with Crippen LogP contribution in [0.25, 0.3) is 0 Å². The highest BCUT2D eigenvalue weighted by molar-refractivity contribution is 7.56. The van der Waals surface area contributed by atoms with Crippen LogP contribution in [0.15, 0.2) is 91.0 Å². The number of benzene rings is 3. The summed E-state index contributed by atoms with van der Waals surface area (Å²) in [6.45, 7) is 2.10. The second-order valence-electron chi connectivity index (χ2n) is 5.90. The number of hydrogen-bond acceptors (Lipinski definition) is 2. The highest BCUT2D eigenvalue weighted by Gasteiger charge is 2.51. The maximum Gasteiger partial charge on any atom is 0.206 e. The third-order valence-corrected chi connectivity index (χ3v) is 6.11. The lowest BCUT2D eigenvalue weighted by Gasteiger charge is -2.31. The monoisotopic (exact) mass is 345 g/mol. The summed E-state index contributed by atoms with van der Waals surface area (Å²) in [6, 6.07) is 31.0. The maximum absolute atomic E-state index is 6.66. The standard InChI is InChI=1S/C21H19O2P.B/c1-17-21(18-11-5-2-6-12-18,19-13-7-3-8-14-19)23-24(22-17)20-15-9-4-10-16-20;/h2-17H,1H3;/t17-,24-;/m0./s1. The fraction of sp³-hybridized carbons (Fsp3) is 0.143. The van der Waals surface area contributed by atoms with Gasteiger partial charge in [0.2, 0.25) is 8.38 Å². The van der Waals surface area contributed by atoms with Crippen molar-refractivity contribution >= 4 is 22.1 Å². The third-order valence-electron chi connectivity index (χ3n) is 4.43. The molecule has 4 rings (SSSR count). The minimum Gasteiger partial charge on any atom is -0.324 e. The molecule has 0 unspecified atom stereocenters. The van der Waals surface area contributed by atoms with Crippen LogP contribution in [0.4, 0.5) is 0 Å². The molecule has 0 amide bonds. The Morgan fingerprint density at radius 2 is 1.16 bits per heavy atom. The summed E-state index contributed by atoms with van der Waals surface area (Å²) in [4.78, 5) is 0. The molecule has 3 aromatic rings. The highest BCUT2D eigenvalue weighted by atomic mass is 31.2. The van der Waals surface area contributed by atoms with E-state index in [9.17, 15) is 0 Å². The lowest BCUT2D eigenvalue weighted by Crippen LogP contribution is -2.36. The minimum absolute atomic E-state index is 0. The van der Waals surface area contributed by atoms with Crippen molar-refractivity contribution in [1.29, 1.82) is 0 Å². The third kappa shape index (κ3) is 3.16. The second-order valence-corrected chi connectivity index (χ2v) is 7.32. The van der Waals surface area contributed by atoms with Gasteiger partial charge in [0.25, 0.3) is 0 Å². The van der Waals surface area contributed by atoms with Gasteiger partial charge in [0, 0.05) is 13.7 Å². The Hall–Kier alpha value is -1.93. The molecule has 0 bridgehead atoms. The topological polar surface area (TPSA) is 18.5 Å². The quantitative estimate of drug-likeness (QED) is 0.509. The van der Waals surface area contributed by atoms with E-state index in [1.54, 1.807) is 0 Å². The molecule has 25 heavy (non-hydrogen) atoms. The van der Waals surface area contributed by atoms with Crippen molar-refractivity contribution in [2.75, 3.05) is 0 Å². The lowest BCUT2D eigenvalue weighted by molar-refractivity contribution is 0.0859. The van der Waals surface area contributed by atoms with Gasteiger partial charge in [-0.25, -0.2) is 0 Å². The molecule has 1 saturated heterocycles. The summed E-state index contributed by atoms with van der Waals surface area (Å²) < 4.78 is 13.0. The fourth-order valence-corrected chi connectivity index (χ4v) is 4.96. The Morgan fingerprint density at radius 3 is 1.64 bits per heavy atom. The van der Waals surface area contributed by atoms with E-state index in [1.807, 2.05) is 30.3 Å². The molecule has 1 aliphatic rings. The van der Waals surface area contributed by atoms with Gasteiger partial charge < -0.3 is 9.05 Å². The van der Waals surface area contributed by atoms with Gasteiger partial charge in [-0.3, -0.25) is 0 Å². The molecule has 0 N–H and O–H groups in total. The predicted molar refractivity (Wildman–Crippen MR) is 104 cm³/mol. The Kier molecular flexibility index (Phi) is 5.39. The Bertz CT molecular complexity index is 756. The molecule has 0 spiro atoms. The van der Waals surface area contributed by atoms with E-state index in [4.69, 9.17) is 9.05 Å². The van der Waals surface area contributed by atoms with Gasteiger partial charge in [-0.15, -0.1) is 0 Å². The number of hydrogen-bond donors (Lipinski definition) is 0. The largest absolute Gasteiger partial charge is 0.324 e. The van der Waals surface area contributed by atoms with Crippen LogP contribution in [-0.4, -0.2) is 14.5 Å². The number of rotatable bonds is 3. The normalized spacial score (nSPS) is 21.5. The summed E-state index contributed by atoms with van der Waals surface area (Å²) in [5, 5.41) is 1.10. The first kappa shape index (κ1) is 17.9. The first-order chi connectivity index (χ1) is 11.8. The average Bonchev–Trinajstić information content (AvgIpc) is 3.02. The lowest BCUT2D eigenvalue weighted by atomic mass is 9.82. The summed E-state index contributed by atoms with van der Waals surface area (Å²) in [5.74, 6) is 0. The molecule has 3 aromatic carbocycles. The van der Waals surface area contributed by atoms with Crippen LogP contribution in [0.5, 0.6) is 0 Å². The van der Waals surface area contributed by atoms with Crippen LogP contribution >= 0.6 is 8.38 Å². The molecule has 0 saturated carbocycles. The van der Waals surface area contributed by atoms with Gasteiger partial charge in [-0.2, -0.15) is 0 Å². The minimum atomic E-state index is -1.11. The molecule has 3 radical (unpaired) electrons. The fourth-order valence-electron chi connectivity index (χ4n) is 3.22. The van der Waals surface area contributed by atoms with E-state index in [1.165, 1.54) is 0 Å². The SMILES string of the molecule is C[C@@H]1O[P@](c2ccccc2)OC1(c1ccccc1)c1ccccc1.[B]. The Balaban J connectivity index is 0.00000182. The van der Waals surface area contributed by atoms with Gasteiger partial charge in [-0.1, -0.05) is 78.9 Å². The summed E-state index contributed by atoms with van der Waals surface area (Å²) >= 11 is 0. The van der Waals surface area contributed by atoms with E-state index in [-0.39, 0.29) is 14.5 Å². The predicted octanol–water partition coefficient (Wildman–Crippen LogP) is 4.62. The zero-order chi connectivity index (χ0) is 16.4. The summed E-state index contributed by atoms with van der Waals surface area (Å²) in [5.41, 5.74) is 1.68. The molecule has 2 atom stereocenters. The molecule has 4 heteroatoms. The van der Waals surface area contributed by atoms with E-state index in [2.05, 4.69) is 67.6 Å². The van der Waals surface area contributed by atoms with Crippen molar-refractivity contribution in [3.05, 3.63) is 102 Å². The van der Waals surface area contributed by atoms with Gasteiger partial charge >= 0.3 is 0 Å². The van der Waals surface area contributed by atoms with Crippen molar-refractivity contribution in [3.63, 3.8) is 0 Å². The molecule has 1 fully saturated rings. The van der Waals surface area contributed by atoms with Crippen molar-refractivity contribution in [2.24, 2.45) is 0 Å². The van der Waals surface area contributed by atoms with Gasteiger partial charge in [0.1, 0.15) is 0 Å². The zero-order valence-electron chi connectivity index (χ0n) is 14.1. The van der Waals surface area contributed by atoms with Crippen LogP contribution in [0, 0.1) is 0 Å². The molecule has 0 aromatic heterocycles. The van der Waals surface area contributed by atoms with Crippen molar-refractivity contribution in [1.82, 2.24) is 0 Å². The van der Waals surface area contributed by atoms with Crippen LogP contribution in [0.3, 0.4) is 0 Å². The van der Waals surface area contributed by atoms with E-state index < -0.39 is 14.0 Å². The molecule has 1 heterocycles. The smallest absolute Gasteiger partial charge is 0.206 e. The van der Waals surface area contributed by atoms with Crippen LogP contribution in [0.2, 0.25) is 0 Å². The molecule has 2 nitrogen and oxygen atoms in total. The van der Waals surface area contributed by atoms with E-state index >= 15 is 0 Å². The molecule has 0 aliphatic carbocycles. The second kappa shape index (κ2) is 7.53. The van der Waals surface area contributed by atoms with Crippen LogP contribution < -0.4 is 5.30 Å². The molecular formula is C21H19BO2P. The summed E-state index contributed by atoms with van der Waals surface area (Å²) in [7, 11) is -1.11. The first-order valence-corrected chi connectivity index (χ1v) is 9.30. The Morgan fingerprint density at radius 1 is 0.720 bits per heavy atom. The van der Waals surface area contributed by atoms with Gasteiger partial charge in [-0.05, 0) is 30.2 Å². The van der Waals surface area contributed by atoms with Crippen molar-refractivity contribution in [2.45, 2.75) is 18.6 Å². The summed E-state index contributed by atoms with van der Waals surface area (Å²) in [6.07, 6.45) is -0.0754. The maximum atomic E-state index is 6.66. The average molecular weight is 345 g/mol. The molecule has 123 valence electrons. The van der Waals surface area contributed by atoms with Crippen LogP contribution in [-0.2, 0) is 14.6 Å². The van der Waals surface area contributed by atoms with Gasteiger partial charge in [0.05, 0.1) is 6.10 Å². The highest BCUT2D eigenvalue weighted by Crippen LogP contribution is 2.58.